The van der Waals surface area contributed by atoms with Crippen LogP contribution < -0.4 is 9.05 Å². The van der Waals surface area contributed by atoms with E-state index in [-0.39, 0.29) is 0 Å². The quantitative estimate of drug-likeness (QED) is 0.0636. The Morgan fingerprint density at radius 2 is 0.672 bits per heavy atom. The van der Waals surface area contributed by atoms with Crippen molar-refractivity contribution in [2.75, 3.05) is 25.0 Å². The Hall–Kier alpha value is -3.79. The van der Waals surface area contributed by atoms with Crippen LogP contribution in [0.1, 0.15) is 0 Å². The Morgan fingerprint density at radius 3 is 0.938 bits per heavy atom. The molecule has 11 rings (SSSR count). The SMILES string of the molecule is CSc1cc2ccccc2c2c1op(Oc1[c-]c(Op3oc4c(SC)cc5ccccc5c4c4c(o3)c(SC)cc3ccccc34)ccc1)oc1c(SC)cc3ccccc3c12.[Pd+][I]. The number of benzene rings is 9. The normalized spacial score (nSPS) is 11.5. The average molecular weight is 1160 g/mol. The molecule has 0 amide bonds. The van der Waals surface area contributed by atoms with Crippen LogP contribution in [0, 0.1) is 6.07 Å². The Morgan fingerprint density at radius 1 is 0.406 bits per heavy atom. The standard InChI is InChI=1S/C50H35O6P2S4.HI.Pd/c1-59-39-24-29-14-5-9-20-35(29)43-44-36-21-10-6-15-30(36)25-40(60-2)48(44)54-57(53-47(39)43)51-33-18-13-19-34(28-33)52-58-55-49-41(61-3)26-31-16-7-11-22-37(31)45(49)46-38-23-12-8-17-32(38)27-42(62-4)50(46)56-58;;/h5-27H,1-4H3;1H;/q-1;;+2/p-1. The second-order valence-corrected chi connectivity index (χ2v) is 19.8. The first kappa shape index (κ1) is 44.1. The van der Waals surface area contributed by atoms with Crippen molar-refractivity contribution in [1.29, 1.82) is 0 Å². The minimum atomic E-state index is -2.03. The van der Waals surface area contributed by atoms with Crippen LogP contribution in [0.3, 0.4) is 0 Å². The van der Waals surface area contributed by atoms with Crippen LogP contribution in [-0.4, -0.2) is 25.0 Å². The zero-order valence-electron chi connectivity index (χ0n) is 34.5. The molecule has 0 bridgehead atoms. The molecule has 14 heteroatoms. The van der Waals surface area contributed by atoms with Crippen LogP contribution in [0.4, 0.5) is 0 Å². The van der Waals surface area contributed by atoms with Crippen molar-refractivity contribution >= 4 is 170 Å². The summed E-state index contributed by atoms with van der Waals surface area (Å²) < 4.78 is 41.0. The van der Waals surface area contributed by atoms with Gasteiger partial charge in [-0.2, -0.15) is 6.07 Å². The van der Waals surface area contributed by atoms with E-state index in [1.165, 1.54) is 0 Å². The minimum absolute atomic E-state index is 0.397. The fourth-order valence-electron chi connectivity index (χ4n) is 8.28. The van der Waals surface area contributed by atoms with Gasteiger partial charge < -0.3 is 25.8 Å². The van der Waals surface area contributed by atoms with E-state index < -0.39 is 16.5 Å². The topological polar surface area (TPSA) is 71.0 Å². The fourth-order valence-corrected chi connectivity index (χ4v) is 12.9. The molecule has 2 heterocycles. The van der Waals surface area contributed by atoms with Gasteiger partial charge in [-0.1, -0.05) is 103 Å². The van der Waals surface area contributed by atoms with Gasteiger partial charge in [-0.25, -0.2) is 0 Å². The summed E-state index contributed by atoms with van der Waals surface area (Å²) in [5.41, 5.74) is 2.92. The van der Waals surface area contributed by atoms with Gasteiger partial charge in [0.1, 0.15) is 0 Å². The fraction of sp³-hybridized carbons (Fsp3) is 0.0800. The van der Waals surface area contributed by atoms with Crippen molar-refractivity contribution in [3.63, 3.8) is 0 Å². The summed E-state index contributed by atoms with van der Waals surface area (Å²) in [4.78, 5) is 3.97. The van der Waals surface area contributed by atoms with E-state index in [0.717, 1.165) is 107 Å². The maximum atomic E-state index is 6.91. The van der Waals surface area contributed by atoms with Crippen molar-refractivity contribution in [2.45, 2.75) is 19.6 Å². The molecular weight excluding hydrogens is 1120 g/mol. The first-order chi connectivity index (χ1) is 31.5. The molecule has 11 aromatic rings. The molecule has 0 fully saturated rings. The molecule has 0 spiro atoms. The molecular formula is C50H35IO6P2PdS4. The maximum absolute atomic E-state index is 6.91. The third-order valence-corrected chi connectivity index (χ3v) is 16.0. The van der Waals surface area contributed by atoms with Crippen molar-refractivity contribution in [1.82, 2.24) is 0 Å². The molecule has 0 aliphatic rings. The van der Waals surface area contributed by atoms with Crippen LogP contribution in [0.5, 0.6) is 11.5 Å². The molecule has 0 aliphatic heterocycles. The summed E-state index contributed by atoms with van der Waals surface area (Å²) in [6.07, 6.45) is 8.28. The van der Waals surface area contributed by atoms with E-state index in [2.05, 4.69) is 168 Å². The molecule has 0 aliphatic carbocycles. The number of hydrogen-bond acceptors (Lipinski definition) is 10. The number of hydrogen-bond donors (Lipinski definition) is 0. The monoisotopic (exact) mass is 1150 g/mol. The summed E-state index contributed by atoms with van der Waals surface area (Å²) in [7, 11) is -4.06. The van der Waals surface area contributed by atoms with Crippen molar-refractivity contribution in [3.8, 4) is 11.5 Å². The van der Waals surface area contributed by atoms with Gasteiger partial charge in [-0.15, -0.1) is 59.2 Å². The van der Waals surface area contributed by atoms with Crippen molar-refractivity contribution < 1.29 is 41.4 Å². The van der Waals surface area contributed by atoms with E-state index in [0.29, 0.717) is 11.5 Å². The van der Waals surface area contributed by atoms with Gasteiger partial charge in [0.25, 0.3) is 0 Å². The van der Waals surface area contributed by atoms with Crippen molar-refractivity contribution in [3.05, 3.63) is 146 Å². The molecule has 6 nitrogen and oxygen atoms in total. The molecule has 0 saturated heterocycles. The summed E-state index contributed by atoms with van der Waals surface area (Å²) >= 11 is 11.3. The number of rotatable bonds is 8. The van der Waals surface area contributed by atoms with Gasteiger partial charge in [0, 0.05) is 33.0 Å². The Labute approximate surface area is 409 Å². The summed E-state index contributed by atoms with van der Waals surface area (Å²) in [6.45, 7) is 0. The zero-order valence-corrected chi connectivity index (χ0v) is 43.2. The van der Waals surface area contributed by atoms with E-state index in [1.807, 2.05) is 37.7 Å². The molecule has 0 N–H and O–H groups in total. The van der Waals surface area contributed by atoms with Gasteiger partial charge in [-0.3, -0.25) is 0 Å². The van der Waals surface area contributed by atoms with Crippen LogP contribution in [0.15, 0.2) is 176 Å². The second-order valence-electron chi connectivity index (χ2n) is 14.4. The molecule has 322 valence electrons. The van der Waals surface area contributed by atoms with Gasteiger partial charge in [0.15, 0.2) is 22.3 Å². The number of halogens is 1. The first-order valence-corrected chi connectivity index (χ1v) is 31.5. The average Bonchev–Trinajstić information content (AvgIpc) is 3.62. The number of thioether (sulfide) groups is 4. The Bertz CT molecular complexity index is 3250. The first-order valence-electron chi connectivity index (χ1n) is 19.8. The summed E-state index contributed by atoms with van der Waals surface area (Å²) in [5.74, 6) is 0.794. The van der Waals surface area contributed by atoms with Crippen molar-refractivity contribution in [2.24, 2.45) is 0 Å². The molecule has 64 heavy (non-hydrogen) atoms. The van der Waals surface area contributed by atoms with E-state index in [9.17, 15) is 0 Å². The predicted molar refractivity (Wildman–Crippen MR) is 281 cm³/mol. The number of fused-ring (bicyclic) bond motifs is 14. The van der Waals surface area contributed by atoms with Crippen LogP contribution in [-0.2, 0) is 15.6 Å². The third-order valence-electron chi connectivity index (χ3n) is 11.0. The second kappa shape index (κ2) is 19.2. The Kier molecular flexibility index (Phi) is 13.2. The predicted octanol–water partition coefficient (Wildman–Crippen LogP) is 18.8. The van der Waals surface area contributed by atoms with Crippen LogP contribution in [0.25, 0.3) is 87.0 Å². The molecule has 9 aromatic carbocycles. The van der Waals surface area contributed by atoms with E-state index >= 15 is 0 Å². The van der Waals surface area contributed by atoms with Gasteiger partial charge in [0.05, 0.1) is 19.6 Å². The summed E-state index contributed by atoms with van der Waals surface area (Å²) in [6, 6.07) is 51.4. The van der Waals surface area contributed by atoms with Gasteiger partial charge in [-0.05, 0) is 92.4 Å². The van der Waals surface area contributed by atoms with Gasteiger partial charge in [0.2, 0.25) is 0 Å². The zero-order chi connectivity index (χ0) is 43.9. The molecule has 0 unspecified atom stereocenters. The van der Waals surface area contributed by atoms with E-state index in [1.54, 1.807) is 47.0 Å². The van der Waals surface area contributed by atoms with E-state index in [4.69, 9.17) is 25.8 Å². The third kappa shape index (κ3) is 8.01. The molecule has 2 aromatic heterocycles. The van der Waals surface area contributed by atoms with Crippen LogP contribution >= 0.6 is 83.0 Å². The van der Waals surface area contributed by atoms with Gasteiger partial charge >= 0.3 is 51.6 Å². The molecule has 0 radical (unpaired) electrons. The summed E-state index contributed by atoms with van der Waals surface area (Å²) in [5, 5.41) is 12.8. The molecule has 0 atom stereocenters. The Balaban J connectivity index is 0.00000239. The van der Waals surface area contributed by atoms with Crippen LogP contribution in [0.2, 0.25) is 0 Å². The molecule has 0 saturated carbocycles.